The van der Waals surface area contributed by atoms with Crippen LogP contribution in [-0.4, -0.2) is 53.3 Å². The predicted molar refractivity (Wildman–Crippen MR) is 121 cm³/mol. The fourth-order valence-corrected chi connectivity index (χ4v) is 4.31. The van der Waals surface area contributed by atoms with Gasteiger partial charge in [-0.25, -0.2) is 14.2 Å². The van der Waals surface area contributed by atoms with Gasteiger partial charge < -0.3 is 15.0 Å². The zero-order valence-electron chi connectivity index (χ0n) is 17.6. The first-order chi connectivity index (χ1) is 14.1. The summed E-state index contributed by atoms with van der Waals surface area (Å²) >= 11 is 4.56. The molecule has 1 aromatic carbocycles. The van der Waals surface area contributed by atoms with Gasteiger partial charge in [0.15, 0.2) is 12.1 Å². The van der Waals surface area contributed by atoms with E-state index < -0.39 is 11.4 Å². The molecule has 1 aromatic heterocycles. The van der Waals surface area contributed by atoms with E-state index in [2.05, 4.69) is 26.2 Å². The number of amides is 1. The van der Waals surface area contributed by atoms with Gasteiger partial charge in [0.25, 0.3) is 0 Å². The lowest BCUT2D eigenvalue weighted by molar-refractivity contribution is 0.0293. The highest BCUT2D eigenvalue weighted by atomic mass is 79.9. The molecular formula is C21H25BrFN3O3S. The molecule has 1 saturated heterocycles. The first kappa shape index (κ1) is 22.8. The van der Waals surface area contributed by atoms with E-state index in [0.29, 0.717) is 51.2 Å². The average Bonchev–Trinajstić information content (AvgIpc) is 3.14. The van der Waals surface area contributed by atoms with Crippen LogP contribution in [0.5, 0.6) is 0 Å². The lowest BCUT2D eigenvalue weighted by Gasteiger charge is -2.25. The largest absolute Gasteiger partial charge is 0.444 e. The van der Waals surface area contributed by atoms with Crippen molar-refractivity contribution in [3.05, 3.63) is 27.5 Å². The standard InChI is InChI=1S/C21H25BrFN3O3S/c1-11-8-13-17(14(10-27)19(30-5)25-18(13)16(23)15(11)22)24-12-6-7-26(9-12)20(28)29-21(2,3)4/h8,10,12H,6-7,9H2,1-5H3,(H,24,25). The number of aldehydes is 1. The smallest absolute Gasteiger partial charge is 0.410 e. The maximum Gasteiger partial charge on any atom is 0.410 e. The van der Waals surface area contributed by atoms with E-state index in [0.717, 1.165) is 6.29 Å². The molecule has 0 spiro atoms. The highest BCUT2D eigenvalue weighted by Crippen LogP contribution is 2.37. The molecule has 0 radical (unpaired) electrons. The number of aromatic nitrogens is 1. The van der Waals surface area contributed by atoms with Crippen LogP contribution in [0, 0.1) is 12.7 Å². The van der Waals surface area contributed by atoms with Gasteiger partial charge in [-0.1, -0.05) is 0 Å². The Labute approximate surface area is 188 Å². The molecule has 0 bridgehead atoms. The summed E-state index contributed by atoms with van der Waals surface area (Å²) in [5.41, 5.74) is 1.29. The molecule has 1 unspecified atom stereocenters. The second kappa shape index (κ2) is 8.70. The Morgan fingerprint density at radius 2 is 2.17 bits per heavy atom. The number of nitrogens with zero attached hydrogens (tertiary/aromatic N) is 2. The molecule has 2 heterocycles. The van der Waals surface area contributed by atoms with Crippen LogP contribution < -0.4 is 5.32 Å². The zero-order valence-corrected chi connectivity index (χ0v) is 20.0. The van der Waals surface area contributed by atoms with Crippen LogP contribution in [0.25, 0.3) is 10.9 Å². The molecule has 6 nitrogen and oxygen atoms in total. The van der Waals surface area contributed by atoms with Crippen LogP contribution in [-0.2, 0) is 4.74 Å². The number of pyridine rings is 1. The number of thioether (sulfide) groups is 1. The minimum atomic E-state index is -0.565. The molecule has 162 valence electrons. The van der Waals surface area contributed by atoms with E-state index >= 15 is 0 Å². The number of ether oxygens (including phenoxy) is 1. The quantitative estimate of drug-likeness (QED) is 0.450. The predicted octanol–water partition coefficient (Wildman–Crippen LogP) is 5.40. The number of aryl methyl sites for hydroxylation is 1. The molecule has 1 N–H and O–H groups in total. The first-order valence-electron chi connectivity index (χ1n) is 9.61. The van der Waals surface area contributed by atoms with Crippen LogP contribution in [0.2, 0.25) is 0 Å². The van der Waals surface area contributed by atoms with Crippen molar-refractivity contribution in [3.63, 3.8) is 0 Å². The fraction of sp³-hybridized carbons (Fsp3) is 0.476. The van der Waals surface area contributed by atoms with Crippen molar-refractivity contribution in [2.24, 2.45) is 0 Å². The fourth-order valence-electron chi connectivity index (χ4n) is 3.45. The molecular weight excluding hydrogens is 473 g/mol. The van der Waals surface area contributed by atoms with E-state index in [1.54, 1.807) is 18.1 Å². The molecule has 1 fully saturated rings. The Bertz CT molecular complexity index is 1010. The number of fused-ring (bicyclic) bond motifs is 1. The highest BCUT2D eigenvalue weighted by molar-refractivity contribution is 9.10. The van der Waals surface area contributed by atoms with E-state index in [-0.39, 0.29) is 17.7 Å². The third-order valence-electron chi connectivity index (χ3n) is 4.84. The molecule has 9 heteroatoms. The number of anilines is 1. The van der Waals surface area contributed by atoms with Crippen molar-refractivity contribution in [1.82, 2.24) is 9.88 Å². The summed E-state index contributed by atoms with van der Waals surface area (Å²) in [4.78, 5) is 30.3. The number of hydrogen-bond acceptors (Lipinski definition) is 6. The van der Waals surface area contributed by atoms with Crippen molar-refractivity contribution in [2.45, 2.75) is 50.8 Å². The zero-order chi connectivity index (χ0) is 22.2. The Morgan fingerprint density at radius 1 is 1.47 bits per heavy atom. The minimum absolute atomic E-state index is 0.0939. The van der Waals surface area contributed by atoms with Gasteiger partial charge in [-0.2, -0.15) is 0 Å². The van der Waals surface area contributed by atoms with Crippen molar-refractivity contribution in [2.75, 3.05) is 24.7 Å². The van der Waals surface area contributed by atoms with Crippen LogP contribution in [0.3, 0.4) is 0 Å². The normalized spacial score (nSPS) is 16.8. The van der Waals surface area contributed by atoms with Crippen molar-refractivity contribution < 1.29 is 18.7 Å². The molecule has 30 heavy (non-hydrogen) atoms. The topological polar surface area (TPSA) is 71.5 Å². The maximum atomic E-state index is 14.9. The van der Waals surface area contributed by atoms with Crippen molar-refractivity contribution >= 4 is 56.7 Å². The molecule has 2 aromatic rings. The Kier molecular flexibility index (Phi) is 6.62. The van der Waals surface area contributed by atoms with Crippen LogP contribution in [0.1, 0.15) is 43.1 Å². The SMILES string of the molecule is CSc1nc2c(F)c(Br)c(C)cc2c(NC2CCN(C(=O)OC(C)(C)C)C2)c1C=O. The second-order valence-electron chi connectivity index (χ2n) is 8.30. The van der Waals surface area contributed by atoms with Crippen LogP contribution >= 0.6 is 27.7 Å². The van der Waals surface area contributed by atoms with Gasteiger partial charge in [-0.15, -0.1) is 11.8 Å². The molecule has 0 saturated carbocycles. The molecule has 1 amide bonds. The Morgan fingerprint density at radius 3 is 2.77 bits per heavy atom. The Hall–Kier alpha value is -1.87. The minimum Gasteiger partial charge on any atom is -0.444 e. The number of nitrogens with one attached hydrogen (secondary N) is 1. The van der Waals surface area contributed by atoms with Gasteiger partial charge in [-0.3, -0.25) is 4.79 Å². The monoisotopic (exact) mass is 497 g/mol. The molecule has 3 rings (SSSR count). The molecule has 1 atom stereocenters. The summed E-state index contributed by atoms with van der Waals surface area (Å²) in [6, 6.07) is 1.72. The van der Waals surface area contributed by atoms with Gasteiger partial charge >= 0.3 is 6.09 Å². The lowest BCUT2D eigenvalue weighted by atomic mass is 10.1. The third kappa shape index (κ3) is 4.56. The average molecular weight is 498 g/mol. The number of carbonyl (C=O) groups excluding carboxylic acids is 2. The van der Waals surface area contributed by atoms with Gasteiger partial charge in [0.2, 0.25) is 0 Å². The van der Waals surface area contributed by atoms with Crippen LogP contribution in [0.15, 0.2) is 15.6 Å². The van der Waals surface area contributed by atoms with Gasteiger partial charge in [0.1, 0.15) is 16.1 Å². The third-order valence-corrected chi connectivity index (χ3v) is 6.52. The maximum absolute atomic E-state index is 14.9. The Balaban J connectivity index is 1.98. The van der Waals surface area contributed by atoms with Crippen molar-refractivity contribution in [1.29, 1.82) is 0 Å². The molecule has 1 aliphatic heterocycles. The van der Waals surface area contributed by atoms with Gasteiger partial charge in [0, 0.05) is 24.5 Å². The summed E-state index contributed by atoms with van der Waals surface area (Å²) in [6.45, 7) is 8.25. The summed E-state index contributed by atoms with van der Waals surface area (Å²) in [7, 11) is 0. The number of likely N-dealkylation sites (tertiary alicyclic amines) is 1. The number of benzene rings is 1. The van der Waals surface area contributed by atoms with E-state index in [9.17, 15) is 14.0 Å². The highest BCUT2D eigenvalue weighted by Gasteiger charge is 2.31. The first-order valence-corrected chi connectivity index (χ1v) is 11.6. The number of hydrogen-bond donors (Lipinski definition) is 1. The van der Waals surface area contributed by atoms with Gasteiger partial charge in [0.05, 0.1) is 15.7 Å². The molecule has 1 aliphatic rings. The van der Waals surface area contributed by atoms with Crippen molar-refractivity contribution in [3.8, 4) is 0 Å². The summed E-state index contributed by atoms with van der Waals surface area (Å²) < 4.78 is 20.7. The number of halogens is 2. The van der Waals surface area contributed by atoms with E-state index in [1.807, 2.05) is 26.8 Å². The van der Waals surface area contributed by atoms with E-state index in [1.165, 1.54) is 11.8 Å². The number of rotatable bonds is 4. The van der Waals surface area contributed by atoms with Crippen LogP contribution in [0.4, 0.5) is 14.9 Å². The lowest BCUT2D eigenvalue weighted by Crippen LogP contribution is -2.36. The van der Waals surface area contributed by atoms with E-state index in [4.69, 9.17) is 4.74 Å². The number of carbonyl (C=O) groups is 2. The molecule has 0 aliphatic carbocycles. The summed E-state index contributed by atoms with van der Waals surface area (Å²) in [5, 5.41) is 4.38. The second-order valence-corrected chi connectivity index (χ2v) is 9.89. The summed E-state index contributed by atoms with van der Waals surface area (Å²) in [5.74, 6) is -0.456. The summed E-state index contributed by atoms with van der Waals surface area (Å²) in [6.07, 6.45) is 2.87. The van der Waals surface area contributed by atoms with Gasteiger partial charge in [-0.05, 0) is 67.9 Å².